The molecule has 3 heterocycles. The Kier molecular flexibility index (Phi) is 4.28. The maximum Gasteiger partial charge on any atom is 0.257 e. The Hall–Kier alpha value is -3.73. The Morgan fingerprint density at radius 2 is 1.75 bits per heavy atom. The first-order chi connectivity index (χ1) is 13.4. The smallest absolute Gasteiger partial charge is 0.257 e. The fraction of sp³-hybridized carbons (Fsp3) is 0.0588. The van der Waals surface area contributed by atoms with Crippen molar-refractivity contribution in [1.82, 2.24) is 24.6 Å². The molecule has 0 fully saturated rings. The molecule has 0 spiro atoms. The number of fused-ring (bicyclic) bond motifs is 1. The summed E-state index contributed by atoms with van der Waals surface area (Å²) in [5.41, 5.74) is 0.667. The van der Waals surface area contributed by atoms with Gasteiger partial charge in [0.05, 0.1) is 6.20 Å². The van der Waals surface area contributed by atoms with E-state index in [0.29, 0.717) is 17.2 Å². The van der Waals surface area contributed by atoms with Crippen LogP contribution in [0.4, 0.5) is 11.6 Å². The number of sulfone groups is 1. The normalized spacial score (nSPS) is 11.5. The maximum absolute atomic E-state index is 11.7. The number of hydrogen-bond acceptors (Lipinski definition) is 9. The van der Waals surface area contributed by atoms with Crippen LogP contribution in [0.25, 0.3) is 5.78 Å². The number of anilines is 2. The van der Waals surface area contributed by atoms with E-state index in [9.17, 15) is 13.5 Å². The molecule has 0 aliphatic carbocycles. The molecule has 0 radical (unpaired) electrons. The Morgan fingerprint density at radius 3 is 2.43 bits per heavy atom. The molecular formula is C17H14N6O4S. The van der Waals surface area contributed by atoms with Gasteiger partial charge in [-0.3, -0.25) is 4.98 Å². The van der Waals surface area contributed by atoms with Crippen molar-refractivity contribution in [3.63, 3.8) is 0 Å². The van der Waals surface area contributed by atoms with Crippen LogP contribution in [0.15, 0.2) is 59.9 Å². The molecule has 0 aliphatic heterocycles. The highest BCUT2D eigenvalue weighted by atomic mass is 32.2. The van der Waals surface area contributed by atoms with Crippen LogP contribution in [0, 0.1) is 0 Å². The highest BCUT2D eigenvalue weighted by Gasteiger charge is 2.19. The number of aromatic hydroxyl groups is 1. The molecule has 0 aliphatic rings. The number of pyridine rings is 1. The first kappa shape index (κ1) is 17.7. The summed E-state index contributed by atoms with van der Waals surface area (Å²) in [5.74, 6) is 0.966. The third-order valence-corrected chi connectivity index (χ3v) is 4.79. The Labute approximate surface area is 159 Å². The second-order valence-electron chi connectivity index (χ2n) is 5.80. The number of benzene rings is 1. The van der Waals surface area contributed by atoms with Crippen LogP contribution in [0.1, 0.15) is 0 Å². The van der Waals surface area contributed by atoms with Crippen LogP contribution < -0.4 is 10.1 Å². The largest absolute Gasteiger partial charge is 0.492 e. The van der Waals surface area contributed by atoms with Gasteiger partial charge in [-0.1, -0.05) is 0 Å². The van der Waals surface area contributed by atoms with Gasteiger partial charge in [0.1, 0.15) is 16.4 Å². The van der Waals surface area contributed by atoms with Gasteiger partial charge in [0, 0.05) is 24.3 Å². The van der Waals surface area contributed by atoms with E-state index in [0.717, 1.165) is 17.0 Å². The SMILES string of the molecule is CS(=O)(=O)c1cnc2nc(Nc3ccc(Oc4ccncc4)cc3)nn2c1O. The van der Waals surface area contributed by atoms with E-state index in [1.807, 2.05) is 0 Å². The molecule has 11 heteroatoms. The second kappa shape index (κ2) is 6.78. The first-order valence-electron chi connectivity index (χ1n) is 8.00. The van der Waals surface area contributed by atoms with E-state index in [4.69, 9.17) is 4.74 Å². The molecule has 0 saturated carbocycles. The second-order valence-corrected chi connectivity index (χ2v) is 7.78. The summed E-state index contributed by atoms with van der Waals surface area (Å²) in [7, 11) is -3.64. The van der Waals surface area contributed by atoms with Gasteiger partial charge in [-0.15, -0.1) is 5.10 Å². The minimum absolute atomic E-state index is 0.0602. The lowest BCUT2D eigenvalue weighted by Crippen LogP contribution is -2.03. The maximum atomic E-state index is 11.7. The summed E-state index contributed by atoms with van der Waals surface area (Å²) in [6, 6.07) is 10.5. The average Bonchev–Trinajstić information content (AvgIpc) is 3.07. The summed E-state index contributed by atoms with van der Waals surface area (Å²) < 4.78 is 30.0. The van der Waals surface area contributed by atoms with E-state index in [1.165, 1.54) is 0 Å². The molecule has 0 amide bonds. The molecular weight excluding hydrogens is 384 g/mol. The summed E-state index contributed by atoms with van der Waals surface area (Å²) in [4.78, 5) is 11.6. The zero-order chi connectivity index (χ0) is 19.7. The molecule has 142 valence electrons. The molecule has 1 aromatic carbocycles. The lowest BCUT2D eigenvalue weighted by molar-refractivity contribution is 0.418. The predicted octanol–water partition coefficient (Wildman–Crippen LogP) is 2.16. The summed E-state index contributed by atoms with van der Waals surface area (Å²) in [6.07, 6.45) is 5.29. The van der Waals surface area contributed by atoms with Gasteiger partial charge < -0.3 is 15.2 Å². The third kappa shape index (κ3) is 3.55. The van der Waals surface area contributed by atoms with Gasteiger partial charge in [-0.2, -0.15) is 9.50 Å². The summed E-state index contributed by atoms with van der Waals surface area (Å²) >= 11 is 0. The highest BCUT2D eigenvalue weighted by molar-refractivity contribution is 7.90. The van der Waals surface area contributed by atoms with E-state index >= 15 is 0 Å². The van der Waals surface area contributed by atoms with Crippen molar-refractivity contribution in [2.75, 3.05) is 11.6 Å². The first-order valence-corrected chi connectivity index (χ1v) is 9.89. The van der Waals surface area contributed by atoms with E-state index in [2.05, 4.69) is 25.4 Å². The molecule has 0 unspecified atom stereocenters. The van der Waals surface area contributed by atoms with E-state index in [-0.39, 0.29) is 16.6 Å². The summed E-state index contributed by atoms with van der Waals surface area (Å²) in [5, 5.41) is 17.1. The zero-order valence-corrected chi connectivity index (χ0v) is 15.3. The molecule has 4 rings (SSSR count). The monoisotopic (exact) mass is 398 g/mol. The van der Waals surface area contributed by atoms with Crippen molar-refractivity contribution >= 4 is 27.3 Å². The predicted molar refractivity (Wildman–Crippen MR) is 99.6 cm³/mol. The number of nitrogens with one attached hydrogen (secondary N) is 1. The fourth-order valence-electron chi connectivity index (χ4n) is 2.40. The van der Waals surface area contributed by atoms with Crippen LogP contribution >= 0.6 is 0 Å². The minimum Gasteiger partial charge on any atom is -0.492 e. The Morgan fingerprint density at radius 1 is 1.07 bits per heavy atom. The standard InChI is InChI=1S/C17H14N6O4S/c1-28(25,26)14-10-19-17-21-16(22-23(17)15(14)24)20-11-2-4-12(5-3-11)27-13-6-8-18-9-7-13/h2-10,24H,1H3,(H,20,22). The molecule has 0 bridgehead atoms. The number of nitrogens with zero attached hydrogens (tertiary/aromatic N) is 5. The van der Waals surface area contributed by atoms with Gasteiger partial charge in [0.15, 0.2) is 9.84 Å². The van der Waals surface area contributed by atoms with Gasteiger partial charge in [0.2, 0.25) is 11.8 Å². The number of rotatable bonds is 5. The third-order valence-electron chi connectivity index (χ3n) is 3.70. The van der Waals surface area contributed by atoms with Crippen LogP contribution in [0.2, 0.25) is 0 Å². The van der Waals surface area contributed by atoms with E-state index in [1.54, 1.807) is 48.8 Å². The van der Waals surface area contributed by atoms with Crippen molar-refractivity contribution in [2.45, 2.75) is 4.90 Å². The highest BCUT2D eigenvalue weighted by Crippen LogP contribution is 2.25. The number of hydrogen-bond donors (Lipinski definition) is 2. The molecule has 0 saturated heterocycles. The Bertz CT molecular complexity index is 1240. The lowest BCUT2D eigenvalue weighted by Gasteiger charge is -2.06. The topological polar surface area (TPSA) is 132 Å². The Balaban J connectivity index is 1.56. The zero-order valence-electron chi connectivity index (χ0n) is 14.5. The molecule has 0 atom stereocenters. The van der Waals surface area contributed by atoms with Crippen molar-refractivity contribution in [3.8, 4) is 17.4 Å². The quantitative estimate of drug-likeness (QED) is 0.519. The molecule has 2 N–H and O–H groups in total. The van der Waals surface area contributed by atoms with Gasteiger partial charge in [-0.25, -0.2) is 13.4 Å². The molecule has 4 aromatic rings. The van der Waals surface area contributed by atoms with Gasteiger partial charge in [0.25, 0.3) is 5.78 Å². The molecule has 10 nitrogen and oxygen atoms in total. The van der Waals surface area contributed by atoms with Crippen LogP contribution in [0.5, 0.6) is 17.4 Å². The van der Waals surface area contributed by atoms with Crippen molar-refractivity contribution in [3.05, 3.63) is 55.0 Å². The average molecular weight is 398 g/mol. The number of ether oxygens (including phenoxy) is 1. The fourth-order valence-corrected chi connectivity index (χ4v) is 3.06. The van der Waals surface area contributed by atoms with Crippen LogP contribution in [0.3, 0.4) is 0 Å². The van der Waals surface area contributed by atoms with Crippen molar-refractivity contribution < 1.29 is 18.3 Å². The van der Waals surface area contributed by atoms with E-state index < -0.39 is 15.7 Å². The lowest BCUT2D eigenvalue weighted by atomic mass is 10.3. The number of aromatic nitrogens is 5. The van der Waals surface area contributed by atoms with Crippen molar-refractivity contribution in [1.29, 1.82) is 0 Å². The summed E-state index contributed by atoms with van der Waals surface area (Å²) in [6.45, 7) is 0. The van der Waals surface area contributed by atoms with Gasteiger partial charge >= 0.3 is 0 Å². The van der Waals surface area contributed by atoms with Gasteiger partial charge in [-0.05, 0) is 36.4 Å². The molecule has 28 heavy (non-hydrogen) atoms. The van der Waals surface area contributed by atoms with Crippen LogP contribution in [-0.4, -0.2) is 44.3 Å². The van der Waals surface area contributed by atoms with Crippen molar-refractivity contribution in [2.24, 2.45) is 0 Å². The van der Waals surface area contributed by atoms with Crippen LogP contribution in [-0.2, 0) is 9.84 Å². The molecule has 3 aromatic heterocycles. The minimum atomic E-state index is -3.64.